The second-order valence-corrected chi connectivity index (χ2v) is 6.89. The first-order chi connectivity index (χ1) is 10.1. The van der Waals surface area contributed by atoms with Gasteiger partial charge in [-0.15, -0.1) is 0 Å². The fourth-order valence-electron chi connectivity index (χ4n) is 2.59. The smallest absolute Gasteiger partial charge is 0.0341 e. The average molecular weight is 405 g/mol. The summed E-state index contributed by atoms with van der Waals surface area (Å²) in [6.07, 6.45) is 0.832. The molecule has 0 aliphatic rings. The summed E-state index contributed by atoms with van der Waals surface area (Å²) in [5.74, 6) is 0. The van der Waals surface area contributed by atoms with Crippen LogP contribution in [0.5, 0.6) is 0 Å². The van der Waals surface area contributed by atoms with Crippen molar-refractivity contribution >= 4 is 42.6 Å². The van der Waals surface area contributed by atoms with Crippen LogP contribution in [0.4, 0.5) is 0 Å². The van der Waals surface area contributed by atoms with E-state index in [1.807, 2.05) is 0 Å². The minimum atomic E-state index is -0.0100. The van der Waals surface area contributed by atoms with Crippen molar-refractivity contribution in [2.24, 2.45) is 5.73 Å². The van der Waals surface area contributed by atoms with Gasteiger partial charge in [0.2, 0.25) is 0 Å². The highest BCUT2D eigenvalue weighted by atomic mass is 79.9. The van der Waals surface area contributed by atoms with Crippen molar-refractivity contribution in [3.63, 3.8) is 0 Å². The van der Waals surface area contributed by atoms with Crippen LogP contribution in [-0.2, 0) is 6.42 Å². The molecule has 0 spiro atoms. The van der Waals surface area contributed by atoms with E-state index in [1.165, 1.54) is 21.9 Å². The van der Waals surface area contributed by atoms with E-state index in [-0.39, 0.29) is 6.04 Å². The van der Waals surface area contributed by atoms with Gasteiger partial charge in [-0.1, -0.05) is 74.3 Å². The van der Waals surface area contributed by atoms with Crippen LogP contribution in [0.15, 0.2) is 69.6 Å². The van der Waals surface area contributed by atoms with Gasteiger partial charge in [0.25, 0.3) is 0 Å². The molecule has 3 aromatic carbocycles. The largest absolute Gasteiger partial charge is 0.324 e. The third kappa shape index (κ3) is 3.20. The molecule has 0 aliphatic heterocycles. The fraction of sp³-hybridized carbons (Fsp3) is 0.111. The van der Waals surface area contributed by atoms with Crippen molar-refractivity contribution in [3.8, 4) is 0 Å². The zero-order valence-corrected chi connectivity index (χ0v) is 14.6. The Bertz CT molecular complexity index is 766. The zero-order chi connectivity index (χ0) is 14.8. The third-order valence-corrected chi connectivity index (χ3v) is 4.89. The van der Waals surface area contributed by atoms with Crippen LogP contribution in [0, 0.1) is 0 Å². The van der Waals surface area contributed by atoms with Crippen molar-refractivity contribution in [3.05, 3.63) is 80.7 Å². The molecule has 0 heterocycles. The number of fused-ring (bicyclic) bond motifs is 1. The maximum Gasteiger partial charge on any atom is 0.0341 e. The van der Waals surface area contributed by atoms with Gasteiger partial charge < -0.3 is 5.73 Å². The number of rotatable bonds is 3. The Morgan fingerprint density at radius 2 is 1.48 bits per heavy atom. The first kappa shape index (κ1) is 14.8. The van der Waals surface area contributed by atoms with Crippen molar-refractivity contribution < 1.29 is 0 Å². The Balaban J connectivity index is 1.96. The normalized spacial score (nSPS) is 12.5. The highest BCUT2D eigenvalue weighted by Crippen LogP contribution is 2.30. The van der Waals surface area contributed by atoms with Crippen molar-refractivity contribution in [1.82, 2.24) is 0 Å². The Morgan fingerprint density at radius 3 is 2.19 bits per heavy atom. The van der Waals surface area contributed by atoms with E-state index in [0.717, 1.165) is 15.4 Å². The molecule has 2 N–H and O–H groups in total. The molecule has 3 aromatic rings. The molecule has 0 aromatic heterocycles. The summed E-state index contributed by atoms with van der Waals surface area (Å²) < 4.78 is 2.20. The molecule has 0 radical (unpaired) electrons. The van der Waals surface area contributed by atoms with Gasteiger partial charge in [-0.2, -0.15) is 0 Å². The molecule has 0 saturated carbocycles. The molecule has 1 atom stereocenters. The molecule has 1 nitrogen and oxygen atoms in total. The maximum absolute atomic E-state index is 6.45. The molecule has 0 saturated heterocycles. The van der Waals surface area contributed by atoms with Crippen LogP contribution in [0.2, 0.25) is 0 Å². The highest BCUT2D eigenvalue weighted by Gasteiger charge is 2.12. The van der Waals surface area contributed by atoms with E-state index in [4.69, 9.17) is 5.73 Å². The second-order valence-electron chi connectivity index (χ2n) is 5.12. The minimum absolute atomic E-state index is 0.0100. The molecular weight excluding hydrogens is 390 g/mol. The maximum atomic E-state index is 6.45. The molecule has 1 unspecified atom stereocenters. The lowest BCUT2D eigenvalue weighted by Crippen LogP contribution is -2.13. The summed E-state index contributed by atoms with van der Waals surface area (Å²) in [5, 5.41) is 2.43. The van der Waals surface area contributed by atoms with Crippen LogP contribution in [0.25, 0.3) is 10.8 Å². The van der Waals surface area contributed by atoms with E-state index in [9.17, 15) is 0 Å². The lowest BCUT2D eigenvalue weighted by Gasteiger charge is -2.16. The number of nitrogens with two attached hydrogens (primary N) is 1. The van der Waals surface area contributed by atoms with E-state index in [1.54, 1.807) is 0 Å². The lowest BCUT2D eigenvalue weighted by molar-refractivity contribution is 0.728. The monoisotopic (exact) mass is 403 g/mol. The highest BCUT2D eigenvalue weighted by molar-refractivity contribution is 9.11. The van der Waals surface area contributed by atoms with Crippen LogP contribution >= 0.6 is 31.9 Å². The molecule has 0 fully saturated rings. The predicted molar refractivity (Wildman–Crippen MR) is 96.4 cm³/mol. The second kappa shape index (κ2) is 6.30. The SMILES string of the molecule is NC(Cc1ccc(Br)cc1)c1ccc(Br)c2ccccc12. The van der Waals surface area contributed by atoms with Gasteiger partial charge in [-0.25, -0.2) is 0 Å². The van der Waals surface area contributed by atoms with Crippen molar-refractivity contribution in [2.75, 3.05) is 0 Å². The molecular formula is C18H15Br2N. The topological polar surface area (TPSA) is 26.0 Å². The lowest BCUT2D eigenvalue weighted by atomic mass is 9.95. The first-order valence-electron chi connectivity index (χ1n) is 6.82. The standard InChI is InChI=1S/C18H15Br2N/c19-13-7-5-12(6-8-13)11-18(21)16-9-10-17(20)15-4-2-1-3-14(15)16/h1-10,18H,11,21H2. The summed E-state index contributed by atoms with van der Waals surface area (Å²) >= 11 is 7.07. The quantitative estimate of drug-likeness (QED) is 0.603. The van der Waals surface area contributed by atoms with Crippen LogP contribution < -0.4 is 5.73 Å². The molecule has 106 valence electrons. The number of benzene rings is 3. The van der Waals surface area contributed by atoms with Gasteiger partial charge in [0.15, 0.2) is 0 Å². The Hall–Kier alpha value is -1.16. The van der Waals surface area contributed by atoms with Gasteiger partial charge in [-0.3, -0.25) is 0 Å². The number of halogens is 2. The summed E-state index contributed by atoms with van der Waals surface area (Å²) in [4.78, 5) is 0. The Labute approximate surface area is 141 Å². The van der Waals surface area contributed by atoms with Gasteiger partial charge >= 0.3 is 0 Å². The summed E-state index contributed by atoms with van der Waals surface area (Å²) in [5.41, 5.74) is 8.89. The first-order valence-corrected chi connectivity index (χ1v) is 8.41. The summed E-state index contributed by atoms with van der Waals surface area (Å²) in [7, 11) is 0. The van der Waals surface area contributed by atoms with E-state index >= 15 is 0 Å². The number of hydrogen-bond donors (Lipinski definition) is 1. The van der Waals surface area contributed by atoms with Gasteiger partial charge in [0.1, 0.15) is 0 Å². The van der Waals surface area contributed by atoms with Crippen molar-refractivity contribution in [1.29, 1.82) is 0 Å². The zero-order valence-electron chi connectivity index (χ0n) is 11.4. The minimum Gasteiger partial charge on any atom is -0.324 e. The molecule has 0 amide bonds. The number of hydrogen-bond acceptors (Lipinski definition) is 1. The van der Waals surface area contributed by atoms with Crippen LogP contribution in [0.3, 0.4) is 0 Å². The Kier molecular flexibility index (Phi) is 4.43. The predicted octanol–water partition coefficient (Wildman–Crippen LogP) is 5.61. The van der Waals surface area contributed by atoms with Crippen LogP contribution in [0.1, 0.15) is 17.2 Å². The molecule has 21 heavy (non-hydrogen) atoms. The fourth-order valence-corrected chi connectivity index (χ4v) is 3.34. The third-order valence-electron chi connectivity index (χ3n) is 3.67. The Morgan fingerprint density at radius 1 is 0.810 bits per heavy atom. The van der Waals surface area contributed by atoms with E-state index in [0.29, 0.717) is 0 Å². The molecule has 0 aliphatic carbocycles. The van der Waals surface area contributed by atoms with E-state index in [2.05, 4.69) is 92.5 Å². The summed E-state index contributed by atoms with van der Waals surface area (Å²) in [6, 6.07) is 20.9. The van der Waals surface area contributed by atoms with Gasteiger partial charge in [-0.05, 0) is 46.5 Å². The van der Waals surface area contributed by atoms with Gasteiger partial charge in [0.05, 0.1) is 0 Å². The molecule has 0 bridgehead atoms. The van der Waals surface area contributed by atoms with E-state index < -0.39 is 0 Å². The summed E-state index contributed by atoms with van der Waals surface area (Å²) in [6.45, 7) is 0. The molecule has 3 heteroatoms. The van der Waals surface area contributed by atoms with Crippen LogP contribution in [-0.4, -0.2) is 0 Å². The average Bonchev–Trinajstić information content (AvgIpc) is 2.50. The van der Waals surface area contributed by atoms with Crippen molar-refractivity contribution in [2.45, 2.75) is 12.5 Å². The molecule has 3 rings (SSSR count). The van der Waals surface area contributed by atoms with Gasteiger partial charge in [0, 0.05) is 15.0 Å².